The number of halogens is 4. The lowest BCUT2D eigenvalue weighted by atomic mass is 10.0. The van der Waals surface area contributed by atoms with Crippen molar-refractivity contribution in [2.24, 2.45) is 5.73 Å². The second kappa shape index (κ2) is 13.8. The van der Waals surface area contributed by atoms with Crippen molar-refractivity contribution in [3.8, 4) is 11.3 Å². The first-order chi connectivity index (χ1) is 20.5. The van der Waals surface area contributed by atoms with Gasteiger partial charge in [0.15, 0.2) is 0 Å². The lowest BCUT2D eigenvalue weighted by Gasteiger charge is -2.13. The topological polar surface area (TPSA) is 146 Å². The van der Waals surface area contributed by atoms with Crippen molar-refractivity contribution in [3.05, 3.63) is 87.9 Å². The Hall–Kier alpha value is -4.30. The van der Waals surface area contributed by atoms with Gasteiger partial charge in [-0.1, -0.05) is 29.8 Å². The van der Waals surface area contributed by atoms with Crippen LogP contribution in [0.2, 0.25) is 5.02 Å². The molecule has 1 heterocycles. The molecule has 1 amide bonds. The molecule has 14 heteroatoms. The van der Waals surface area contributed by atoms with Gasteiger partial charge in [0.05, 0.1) is 53.7 Å². The minimum atomic E-state index is -4.89. The van der Waals surface area contributed by atoms with E-state index in [4.69, 9.17) is 26.8 Å². The van der Waals surface area contributed by atoms with E-state index in [9.17, 15) is 32.7 Å². The molecule has 0 aliphatic heterocycles. The molecule has 0 saturated heterocycles. The Morgan fingerprint density at radius 1 is 0.953 bits per heavy atom. The standard InChI is InChI=1S/C29H26ClF3N4O6/c30-22-3-1-2-21(29(31,32)33)24(22)27(39)37-23-16-19(26(38)35-11-13-43-15-14-42-12-10-34)8-9-20(23)25(36-37)17-4-6-18(7-5-17)28(40)41/h1-9,16H,10-15,34H2,(H,35,38)(H,40,41). The number of nitrogens with zero attached hydrogens (tertiary/aromatic N) is 2. The van der Waals surface area contributed by atoms with Gasteiger partial charge in [-0.3, -0.25) is 9.59 Å². The van der Waals surface area contributed by atoms with Gasteiger partial charge in [-0.25, -0.2) is 4.79 Å². The number of amides is 1. The van der Waals surface area contributed by atoms with E-state index < -0.39 is 40.1 Å². The van der Waals surface area contributed by atoms with Crippen LogP contribution in [0.15, 0.2) is 60.7 Å². The van der Waals surface area contributed by atoms with Crippen molar-refractivity contribution < 1.29 is 42.1 Å². The maximum absolute atomic E-state index is 13.8. The third-order valence-corrected chi connectivity index (χ3v) is 6.55. The third-order valence-electron chi connectivity index (χ3n) is 6.24. The summed E-state index contributed by atoms with van der Waals surface area (Å²) in [4.78, 5) is 37.8. The second-order valence-electron chi connectivity index (χ2n) is 9.11. The van der Waals surface area contributed by atoms with Gasteiger partial charge in [0.25, 0.3) is 11.8 Å². The first-order valence-corrected chi connectivity index (χ1v) is 13.3. The average molecular weight is 619 g/mol. The molecular weight excluding hydrogens is 593 g/mol. The third kappa shape index (κ3) is 7.38. The van der Waals surface area contributed by atoms with Gasteiger partial charge in [0.1, 0.15) is 5.69 Å². The number of alkyl halides is 3. The number of nitrogens with one attached hydrogen (secondary N) is 1. The first kappa shape index (κ1) is 31.6. The number of hydrogen-bond acceptors (Lipinski definition) is 7. The largest absolute Gasteiger partial charge is 0.478 e. The molecule has 0 radical (unpaired) electrons. The number of hydrogen-bond donors (Lipinski definition) is 3. The number of aromatic nitrogens is 2. The summed E-state index contributed by atoms with van der Waals surface area (Å²) >= 11 is 6.10. The molecule has 43 heavy (non-hydrogen) atoms. The molecule has 0 spiro atoms. The highest BCUT2D eigenvalue weighted by Crippen LogP contribution is 2.37. The predicted octanol–water partition coefficient (Wildman–Crippen LogP) is 4.48. The van der Waals surface area contributed by atoms with E-state index in [1.54, 1.807) is 0 Å². The molecule has 0 saturated carbocycles. The number of nitrogens with two attached hydrogens (primary N) is 1. The Labute approximate surface area is 248 Å². The summed E-state index contributed by atoms with van der Waals surface area (Å²) in [5.74, 6) is -2.85. The van der Waals surface area contributed by atoms with Crippen molar-refractivity contribution in [1.29, 1.82) is 0 Å². The lowest BCUT2D eigenvalue weighted by Crippen LogP contribution is -2.27. The number of rotatable bonds is 12. The molecule has 0 atom stereocenters. The summed E-state index contributed by atoms with van der Waals surface area (Å²) < 4.78 is 52.9. The molecule has 0 fully saturated rings. The van der Waals surface area contributed by atoms with Crippen molar-refractivity contribution in [2.45, 2.75) is 6.18 Å². The molecule has 0 bridgehead atoms. The van der Waals surface area contributed by atoms with E-state index in [-0.39, 0.29) is 35.5 Å². The number of carbonyl (C=O) groups is 3. The van der Waals surface area contributed by atoms with Crippen LogP contribution in [0.4, 0.5) is 13.2 Å². The Morgan fingerprint density at radius 2 is 1.63 bits per heavy atom. The molecule has 4 N–H and O–H groups in total. The Balaban J connectivity index is 1.70. The fraction of sp³-hybridized carbons (Fsp3) is 0.241. The van der Waals surface area contributed by atoms with Gasteiger partial charge in [-0.05, 0) is 42.5 Å². The van der Waals surface area contributed by atoms with Crippen molar-refractivity contribution in [3.63, 3.8) is 0 Å². The fourth-order valence-corrected chi connectivity index (χ4v) is 4.48. The quantitative estimate of drug-likeness (QED) is 0.197. The fourth-order valence-electron chi connectivity index (χ4n) is 4.22. The molecule has 10 nitrogen and oxygen atoms in total. The summed E-state index contributed by atoms with van der Waals surface area (Å²) in [5, 5.41) is 16.1. The number of carboxylic acids is 1. The molecule has 4 aromatic rings. The smallest absolute Gasteiger partial charge is 0.417 e. The van der Waals surface area contributed by atoms with Crippen LogP contribution in [0.25, 0.3) is 22.2 Å². The van der Waals surface area contributed by atoms with Gasteiger partial charge in [0.2, 0.25) is 0 Å². The molecule has 0 aliphatic rings. The zero-order chi connectivity index (χ0) is 31.1. The number of carbonyl (C=O) groups excluding carboxylic acids is 2. The number of aromatic carboxylic acids is 1. The molecule has 0 aliphatic carbocycles. The first-order valence-electron chi connectivity index (χ1n) is 12.9. The van der Waals surface area contributed by atoms with E-state index in [0.717, 1.165) is 22.9 Å². The van der Waals surface area contributed by atoms with Gasteiger partial charge in [-0.15, -0.1) is 0 Å². The van der Waals surface area contributed by atoms with Crippen molar-refractivity contribution in [2.75, 3.05) is 39.5 Å². The number of fused-ring (bicyclic) bond motifs is 1. The van der Waals surface area contributed by atoms with Crippen molar-refractivity contribution in [1.82, 2.24) is 15.1 Å². The lowest BCUT2D eigenvalue weighted by molar-refractivity contribution is -0.137. The maximum atomic E-state index is 13.8. The number of benzene rings is 3. The summed E-state index contributed by atoms with van der Waals surface area (Å²) in [6.07, 6.45) is -4.89. The van der Waals surface area contributed by atoms with Crippen LogP contribution in [-0.4, -0.2) is 72.2 Å². The minimum Gasteiger partial charge on any atom is -0.478 e. The summed E-state index contributed by atoms with van der Waals surface area (Å²) in [6, 6.07) is 12.9. The summed E-state index contributed by atoms with van der Waals surface area (Å²) in [6.45, 7) is 1.81. The highest BCUT2D eigenvalue weighted by Gasteiger charge is 2.37. The monoisotopic (exact) mass is 618 g/mol. The minimum absolute atomic E-state index is 0.000438. The predicted molar refractivity (Wildman–Crippen MR) is 151 cm³/mol. The van der Waals surface area contributed by atoms with Gasteiger partial charge in [0, 0.05) is 29.6 Å². The van der Waals surface area contributed by atoms with E-state index in [1.165, 1.54) is 42.5 Å². The summed E-state index contributed by atoms with van der Waals surface area (Å²) in [7, 11) is 0. The zero-order valence-corrected chi connectivity index (χ0v) is 23.2. The van der Waals surface area contributed by atoms with Crippen LogP contribution in [0.1, 0.15) is 36.6 Å². The van der Waals surface area contributed by atoms with E-state index in [0.29, 0.717) is 37.3 Å². The van der Waals surface area contributed by atoms with E-state index in [2.05, 4.69) is 10.4 Å². The van der Waals surface area contributed by atoms with Crippen LogP contribution in [-0.2, 0) is 15.7 Å². The average Bonchev–Trinajstić information content (AvgIpc) is 3.36. The summed E-state index contributed by atoms with van der Waals surface area (Å²) in [5.41, 5.74) is 4.00. The normalized spacial score (nSPS) is 11.6. The SMILES string of the molecule is NCCOCCOCCNC(=O)c1ccc2c(-c3ccc(C(=O)O)cc3)nn(C(=O)c3c(Cl)cccc3C(F)(F)F)c2c1. The molecule has 0 unspecified atom stereocenters. The molecule has 226 valence electrons. The van der Waals surface area contributed by atoms with Gasteiger partial charge < -0.3 is 25.6 Å². The Bertz CT molecular complexity index is 1640. The van der Waals surface area contributed by atoms with E-state index >= 15 is 0 Å². The van der Waals surface area contributed by atoms with Crippen LogP contribution in [0, 0.1) is 0 Å². The molecular formula is C29H26ClF3N4O6. The molecule has 3 aromatic carbocycles. The van der Waals surface area contributed by atoms with Gasteiger partial charge in [-0.2, -0.15) is 23.0 Å². The van der Waals surface area contributed by atoms with Crippen LogP contribution in [0.5, 0.6) is 0 Å². The van der Waals surface area contributed by atoms with E-state index in [1.807, 2.05) is 0 Å². The van der Waals surface area contributed by atoms with Crippen LogP contribution >= 0.6 is 11.6 Å². The number of ether oxygens (including phenoxy) is 2. The van der Waals surface area contributed by atoms with Crippen LogP contribution < -0.4 is 11.1 Å². The van der Waals surface area contributed by atoms with Crippen LogP contribution in [0.3, 0.4) is 0 Å². The highest BCUT2D eigenvalue weighted by atomic mass is 35.5. The maximum Gasteiger partial charge on any atom is 0.417 e. The van der Waals surface area contributed by atoms with Gasteiger partial charge >= 0.3 is 12.1 Å². The molecule has 1 aromatic heterocycles. The Kier molecular flexibility index (Phi) is 10.1. The highest BCUT2D eigenvalue weighted by molar-refractivity contribution is 6.34. The molecule has 4 rings (SSSR count). The number of carboxylic acid groups (broad SMARTS) is 1. The zero-order valence-electron chi connectivity index (χ0n) is 22.5. The Morgan fingerprint density at radius 3 is 2.28 bits per heavy atom. The second-order valence-corrected chi connectivity index (χ2v) is 9.52. The van der Waals surface area contributed by atoms with Crippen molar-refractivity contribution >= 4 is 40.3 Å².